The normalized spacial score (nSPS) is 17.4. The number of nitrogens with zero attached hydrogens (tertiary/aromatic N) is 6. The van der Waals surface area contributed by atoms with Gasteiger partial charge in [0.05, 0.1) is 6.16 Å². The molecule has 1 aromatic heterocycles. The van der Waals surface area contributed by atoms with E-state index in [1.54, 1.807) is 6.07 Å². The molecule has 0 aliphatic carbocycles. The summed E-state index contributed by atoms with van der Waals surface area (Å²) in [5.74, 6) is -0.313. The highest BCUT2D eigenvalue weighted by atomic mass is 31.2. The van der Waals surface area contributed by atoms with E-state index in [1.165, 1.54) is 9.80 Å². The molecule has 0 saturated carbocycles. The molecule has 4 rings (SSSR count). The number of carboxylic acid groups (broad SMARTS) is 1. The standard InChI is InChI=1S/C25H34N7O7P/c1-29-8-10-30(11-9-29)21-17-20(26-22(28-21)18-5-3-2-4-6-18)23(33)27-19(7-16-40(37,38)39)24(34)31-12-14-32(15-13-31)25(35)36/h2-6,17,19H,7-16H2,1H3,(H,27,33)(H,35,36)(H2,37,38,39)/t19-/m0/s1. The lowest BCUT2D eigenvalue weighted by Gasteiger charge is -2.35. The summed E-state index contributed by atoms with van der Waals surface area (Å²) in [6, 6.07) is 9.50. The van der Waals surface area contributed by atoms with Crippen molar-refractivity contribution >= 4 is 31.3 Å². The Labute approximate surface area is 231 Å². The van der Waals surface area contributed by atoms with Gasteiger partial charge in [0.1, 0.15) is 17.6 Å². The second kappa shape index (κ2) is 12.7. The van der Waals surface area contributed by atoms with Gasteiger partial charge in [-0.2, -0.15) is 0 Å². The van der Waals surface area contributed by atoms with Crippen molar-refractivity contribution in [3.8, 4) is 11.4 Å². The fourth-order valence-corrected chi connectivity index (χ4v) is 5.18. The predicted molar refractivity (Wildman–Crippen MR) is 146 cm³/mol. The van der Waals surface area contributed by atoms with E-state index in [-0.39, 0.29) is 38.3 Å². The molecule has 2 fully saturated rings. The SMILES string of the molecule is CN1CCN(c2cc(C(=O)N[C@@H](CCP(=O)(O)O)C(=O)N3CCN(C(=O)O)CC3)nc(-c3ccccc3)n2)CC1. The van der Waals surface area contributed by atoms with Crippen LogP contribution < -0.4 is 10.2 Å². The second-order valence-corrected chi connectivity index (χ2v) is 11.7. The molecule has 14 nitrogen and oxygen atoms in total. The topological polar surface area (TPSA) is 180 Å². The van der Waals surface area contributed by atoms with Crippen LogP contribution in [0.5, 0.6) is 0 Å². The Hall–Kier alpha value is -3.58. The number of carbonyl (C=O) groups is 3. The molecular formula is C25H34N7O7P. The number of likely N-dealkylation sites (N-methyl/N-ethyl adjacent to an activating group) is 1. The first-order valence-electron chi connectivity index (χ1n) is 13.0. The van der Waals surface area contributed by atoms with E-state index in [0.29, 0.717) is 30.3 Å². The molecule has 1 atom stereocenters. The zero-order valence-corrected chi connectivity index (χ0v) is 23.1. The predicted octanol–water partition coefficient (Wildman–Crippen LogP) is 0.384. The highest BCUT2D eigenvalue weighted by molar-refractivity contribution is 7.51. The Balaban J connectivity index is 1.59. The number of rotatable bonds is 8. The lowest BCUT2D eigenvalue weighted by atomic mass is 10.1. The van der Waals surface area contributed by atoms with Crippen molar-refractivity contribution in [2.45, 2.75) is 12.5 Å². The monoisotopic (exact) mass is 575 g/mol. The molecule has 2 aliphatic heterocycles. The number of benzene rings is 1. The molecule has 15 heteroatoms. The minimum atomic E-state index is -4.46. The van der Waals surface area contributed by atoms with E-state index in [0.717, 1.165) is 13.1 Å². The molecule has 2 aromatic rings. The number of nitrogens with one attached hydrogen (secondary N) is 1. The van der Waals surface area contributed by atoms with Crippen molar-refractivity contribution in [3.05, 3.63) is 42.1 Å². The minimum Gasteiger partial charge on any atom is -0.465 e. The summed E-state index contributed by atoms with van der Waals surface area (Å²) in [7, 11) is -2.43. The van der Waals surface area contributed by atoms with Crippen LogP contribution >= 0.6 is 7.60 Å². The Kier molecular flexibility index (Phi) is 9.36. The number of hydrogen-bond donors (Lipinski definition) is 4. The van der Waals surface area contributed by atoms with E-state index >= 15 is 0 Å². The molecular weight excluding hydrogens is 541 g/mol. The van der Waals surface area contributed by atoms with Gasteiger partial charge >= 0.3 is 13.7 Å². The Morgan fingerprint density at radius 1 is 0.950 bits per heavy atom. The fourth-order valence-electron chi connectivity index (χ4n) is 4.59. The van der Waals surface area contributed by atoms with Gasteiger partial charge in [0, 0.05) is 64.0 Å². The molecule has 40 heavy (non-hydrogen) atoms. The third kappa shape index (κ3) is 7.75. The summed E-state index contributed by atoms with van der Waals surface area (Å²) in [6.45, 7) is 3.45. The van der Waals surface area contributed by atoms with Crippen molar-refractivity contribution in [3.63, 3.8) is 0 Å². The van der Waals surface area contributed by atoms with E-state index in [9.17, 15) is 33.8 Å². The highest BCUT2D eigenvalue weighted by Gasteiger charge is 2.32. The molecule has 216 valence electrons. The van der Waals surface area contributed by atoms with Gasteiger partial charge in [0.2, 0.25) is 5.91 Å². The molecule has 0 radical (unpaired) electrons. The maximum absolute atomic E-state index is 13.5. The van der Waals surface area contributed by atoms with Crippen LogP contribution in [0, 0.1) is 0 Å². The van der Waals surface area contributed by atoms with Crippen LogP contribution in [0.2, 0.25) is 0 Å². The van der Waals surface area contributed by atoms with Gasteiger partial charge in [-0.15, -0.1) is 0 Å². The van der Waals surface area contributed by atoms with Crippen molar-refractivity contribution in [1.82, 2.24) is 30.0 Å². The van der Waals surface area contributed by atoms with Crippen LogP contribution in [0.25, 0.3) is 11.4 Å². The van der Waals surface area contributed by atoms with Gasteiger partial charge in [-0.1, -0.05) is 30.3 Å². The number of piperazine rings is 2. The second-order valence-electron chi connectivity index (χ2n) is 9.89. The molecule has 0 spiro atoms. The molecule has 0 unspecified atom stereocenters. The minimum absolute atomic E-state index is 0.0208. The number of anilines is 1. The number of carbonyl (C=O) groups excluding carboxylic acids is 2. The van der Waals surface area contributed by atoms with Gasteiger partial charge in [0.15, 0.2) is 5.82 Å². The first-order chi connectivity index (χ1) is 19.0. The van der Waals surface area contributed by atoms with E-state index in [2.05, 4.69) is 20.1 Å². The average molecular weight is 576 g/mol. The van der Waals surface area contributed by atoms with Crippen LogP contribution in [-0.4, -0.2) is 129 Å². The van der Waals surface area contributed by atoms with E-state index in [1.807, 2.05) is 37.4 Å². The Morgan fingerprint density at radius 3 is 2.17 bits per heavy atom. The zero-order chi connectivity index (χ0) is 28.9. The summed E-state index contributed by atoms with van der Waals surface area (Å²) in [6.07, 6.45) is -1.99. The van der Waals surface area contributed by atoms with Crippen molar-refractivity contribution in [2.24, 2.45) is 0 Å². The van der Waals surface area contributed by atoms with Crippen LogP contribution in [0.1, 0.15) is 16.9 Å². The van der Waals surface area contributed by atoms with Crippen LogP contribution in [0.3, 0.4) is 0 Å². The van der Waals surface area contributed by atoms with Crippen LogP contribution in [0.4, 0.5) is 10.6 Å². The van der Waals surface area contributed by atoms with Crippen molar-refractivity contribution < 1.29 is 33.8 Å². The number of hydrogen-bond acceptors (Lipinski definition) is 8. The van der Waals surface area contributed by atoms with Gasteiger partial charge < -0.3 is 39.8 Å². The lowest BCUT2D eigenvalue weighted by Crippen LogP contribution is -2.56. The Morgan fingerprint density at radius 2 is 1.57 bits per heavy atom. The molecule has 3 amide bonds. The third-order valence-corrected chi connectivity index (χ3v) is 7.82. The van der Waals surface area contributed by atoms with E-state index in [4.69, 9.17) is 4.98 Å². The summed E-state index contributed by atoms with van der Waals surface area (Å²) in [5.41, 5.74) is 0.727. The van der Waals surface area contributed by atoms with Crippen LogP contribution in [-0.2, 0) is 9.36 Å². The van der Waals surface area contributed by atoms with Crippen LogP contribution in [0.15, 0.2) is 36.4 Å². The van der Waals surface area contributed by atoms with Gasteiger partial charge in [-0.25, -0.2) is 14.8 Å². The molecule has 2 aliphatic rings. The zero-order valence-electron chi connectivity index (χ0n) is 22.2. The smallest absolute Gasteiger partial charge is 0.407 e. The fraction of sp³-hybridized carbons (Fsp3) is 0.480. The Bertz CT molecular complexity index is 1260. The number of aromatic nitrogens is 2. The van der Waals surface area contributed by atoms with Crippen molar-refractivity contribution in [2.75, 3.05) is 70.5 Å². The molecule has 2 saturated heterocycles. The van der Waals surface area contributed by atoms with Gasteiger partial charge in [-0.3, -0.25) is 14.2 Å². The largest absolute Gasteiger partial charge is 0.465 e. The van der Waals surface area contributed by atoms with E-state index < -0.39 is 37.7 Å². The summed E-state index contributed by atoms with van der Waals surface area (Å²) < 4.78 is 11.6. The first kappa shape index (κ1) is 29.4. The lowest BCUT2D eigenvalue weighted by molar-refractivity contribution is -0.134. The quantitative estimate of drug-likeness (QED) is 0.320. The summed E-state index contributed by atoms with van der Waals surface area (Å²) in [5, 5.41) is 11.8. The maximum Gasteiger partial charge on any atom is 0.407 e. The third-order valence-electron chi connectivity index (χ3n) is 6.98. The summed E-state index contributed by atoms with van der Waals surface area (Å²) >= 11 is 0. The highest BCUT2D eigenvalue weighted by Crippen LogP contribution is 2.35. The molecule has 1 aromatic carbocycles. The summed E-state index contributed by atoms with van der Waals surface area (Å²) in [4.78, 5) is 72.9. The van der Waals surface area contributed by atoms with Crippen molar-refractivity contribution in [1.29, 1.82) is 0 Å². The maximum atomic E-state index is 13.5. The first-order valence-corrected chi connectivity index (χ1v) is 14.8. The molecule has 3 heterocycles. The average Bonchev–Trinajstić information content (AvgIpc) is 2.95. The molecule has 4 N–H and O–H groups in total. The van der Waals surface area contributed by atoms with Gasteiger partial charge in [-0.05, 0) is 13.5 Å². The van der Waals surface area contributed by atoms with Gasteiger partial charge in [0.25, 0.3) is 5.91 Å². The molecule has 0 bridgehead atoms. The number of amides is 3.